The van der Waals surface area contributed by atoms with Crippen LogP contribution in [0.3, 0.4) is 0 Å². The Bertz CT molecular complexity index is 876. The Morgan fingerprint density at radius 1 is 1.35 bits per heavy atom. The fourth-order valence-electron chi connectivity index (χ4n) is 7.13. The van der Waals surface area contributed by atoms with E-state index in [-0.39, 0.29) is 29.3 Å². The summed E-state index contributed by atoms with van der Waals surface area (Å²) in [6, 6.07) is 0. The zero-order valence-corrected chi connectivity index (χ0v) is 18.4. The van der Waals surface area contributed by atoms with Gasteiger partial charge in [-0.3, -0.25) is 4.79 Å². The summed E-state index contributed by atoms with van der Waals surface area (Å²) in [4.78, 5) is 13.2. The molecule has 1 spiro atoms. The summed E-state index contributed by atoms with van der Waals surface area (Å²) < 4.78 is 23.3. The molecule has 6 heteroatoms. The van der Waals surface area contributed by atoms with Crippen molar-refractivity contribution in [3.63, 3.8) is 0 Å². The van der Waals surface area contributed by atoms with Crippen LogP contribution in [0.25, 0.3) is 0 Å². The Morgan fingerprint density at radius 3 is 2.84 bits per heavy atom. The monoisotopic (exact) mass is 428 g/mol. The molecule has 0 aromatic carbocycles. The first-order valence-electron chi connectivity index (χ1n) is 11.5. The molecule has 168 valence electrons. The van der Waals surface area contributed by atoms with E-state index in [9.17, 15) is 9.90 Å². The van der Waals surface area contributed by atoms with Gasteiger partial charge in [0, 0.05) is 31.1 Å². The third-order valence-electron chi connectivity index (χ3n) is 8.64. The van der Waals surface area contributed by atoms with Crippen molar-refractivity contribution >= 4 is 5.97 Å². The van der Waals surface area contributed by atoms with Gasteiger partial charge in [-0.05, 0) is 37.5 Å². The molecule has 2 aliphatic heterocycles. The second kappa shape index (κ2) is 7.10. The highest BCUT2D eigenvalue weighted by Crippen LogP contribution is 2.67. The largest absolute Gasteiger partial charge is 0.461 e. The first-order valence-corrected chi connectivity index (χ1v) is 11.5. The zero-order chi connectivity index (χ0) is 21.9. The zero-order valence-electron chi connectivity index (χ0n) is 18.4. The second-order valence-electron chi connectivity index (χ2n) is 9.95. The van der Waals surface area contributed by atoms with Crippen LogP contribution in [0.15, 0.2) is 24.3 Å². The summed E-state index contributed by atoms with van der Waals surface area (Å²) in [7, 11) is 0. The summed E-state index contributed by atoms with van der Waals surface area (Å²) >= 11 is 0. The number of rotatable bonds is 3. The Hall–Kier alpha value is -1.81. The van der Waals surface area contributed by atoms with E-state index in [0.29, 0.717) is 39.1 Å². The Kier molecular flexibility index (Phi) is 4.82. The number of carbonyl (C=O) groups excluding carboxylic acids is 1. The molecule has 31 heavy (non-hydrogen) atoms. The Morgan fingerprint density at radius 2 is 2.13 bits per heavy atom. The van der Waals surface area contributed by atoms with Gasteiger partial charge in [0.1, 0.15) is 23.2 Å². The smallest absolute Gasteiger partial charge is 0.316 e. The molecule has 0 amide bonds. The molecule has 2 saturated heterocycles. The molecule has 6 atom stereocenters. The molecular formula is C25H32O6. The van der Waals surface area contributed by atoms with Gasteiger partial charge in [-0.15, -0.1) is 6.58 Å². The molecule has 0 aromatic rings. The van der Waals surface area contributed by atoms with Gasteiger partial charge in [-0.25, -0.2) is 0 Å². The van der Waals surface area contributed by atoms with E-state index in [1.807, 2.05) is 6.92 Å². The van der Waals surface area contributed by atoms with E-state index >= 15 is 0 Å². The van der Waals surface area contributed by atoms with Crippen LogP contribution in [0, 0.1) is 34.7 Å². The van der Waals surface area contributed by atoms with Crippen molar-refractivity contribution in [3.8, 4) is 12.0 Å². The summed E-state index contributed by atoms with van der Waals surface area (Å²) in [5.74, 6) is 1.88. The van der Waals surface area contributed by atoms with Gasteiger partial charge in [0.05, 0.1) is 19.8 Å². The van der Waals surface area contributed by atoms with E-state index in [4.69, 9.17) is 18.9 Å². The van der Waals surface area contributed by atoms with Crippen molar-refractivity contribution in [1.29, 1.82) is 0 Å². The van der Waals surface area contributed by atoms with Crippen molar-refractivity contribution in [2.24, 2.45) is 22.7 Å². The highest BCUT2D eigenvalue weighted by Gasteiger charge is 2.73. The standard InChI is InChI=1S/C25H32O6/c1-4-8-23-16-19(31-21(23)26)20-18(25(23,27)11-12-28-5-2)7-6-17-15-24(29-13-14-30-24)10-9-22(17,20)3/h4,6,18-20,27H,1,5,7-10,13-16H2,2-3H3/t18-,19+,20+,22+,23+,25+/m1/s1. The number of carbonyl (C=O) groups is 1. The van der Waals surface area contributed by atoms with Crippen molar-refractivity contribution in [1.82, 2.24) is 0 Å². The normalized spacial score (nSPS) is 44.4. The molecule has 5 rings (SSSR count). The van der Waals surface area contributed by atoms with Gasteiger partial charge in [-0.1, -0.05) is 24.6 Å². The summed E-state index contributed by atoms with van der Waals surface area (Å²) in [6.45, 7) is 9.63. The van der Waals surface area contributed by atoms with Gasteiger partial charge in [0.15, 0.2) is 5.79 Å². The lowest BCUT2D eigenvalue weighted by Crippen LogP contribution is -2.64. The van der Waals surface area contributed by atoms with Crippen molar-refractivity contribution < 1.29 is 28.8 Å². The fourth-order valence-corrected chi connectivity index (χ4v) is 7.13. The maximum atomic E-state index is 13.2. The van der Waals surface area contributed by atoms with E-state index < -0.39 is 16.8 Å². The minimum Gasteiger partial charge on any atom is -0.461 e. The SMILES string of the molecule is C=CC[C@]12C[C@H](OC1=O)[C@@H]1[C@@H](CC=C3CC4(CC[C@@]31C)OCCO4)[C@@]2(O)C#COCC. The number of hydrogen-bond donors (Lipinski definition) is 1. The Labute approximate surface area is 183 Å². The molecular weight excluding hydrogens is 396 g/mol. The topological polar surface area (TPSA) is 74.2 Å². The van der Waals surface area contributed by atoms with Crippen LogP contribution in [0.5, 0.6) is 0 Å². The molecule has 2 bridgehead atoms. The molecule has 6 nitrogen and oxygen atoms in total. The molecule has 5 aliphatic rings. The van der Waals surface area contributed by atoms with Gasteiger partial charge >= 0.3 is 5.97 Å². The first kappa shape index (κ1) is 21.1. The lowest BCUT2D eigenvalue weighted by atomic mass is 9.45. The van der Waals surface area contributed by atoms with Crippen molar-refractivity contribution in [2.45, 2.75) is 69.9 Å². The maximum Gasteiger partial charge on any atom is 0.316 e. The fraction of sp³-hybridized carbons (Fsp3) is 0.720. The van der Waals surface area contributed by atoms with Crippen molar-refractivity contribution in [2.75, 3.05) is 19.8 Å². The predicted molar refractivity (Wildman–Crippen MR) is 112 cm³/mol. The van der Waals surface area contributed by atoms with Crippen LogP contribution < -0.4 is 0 Å². The average molecular weight is 429 g/mol. The lowest BCUT2D eigenvalue weighted by Gasteiger charge is -2.59. The number of hydrogen-bond acceptors (Lipinski definition) is 6. The number of fused-ring (bicyclic) bond motifs is 6. The van der Waals surface area contributed by atoms with Gasteiger partial charge in [0.2, 0.25) is 0 Å². The molecule has 3 aliphatic carbocycles. The lowest BCUT2D eigenvalue weighted by molar-refractivity contribution is -0.195. The summed E-state index contributed by atoms with van der Waals surface area (Å²) in [5, 5.41) is 12.2. The highest BCUT2D eigenvalue weighted by molar-refractivity contribution is 5.83. The minimum atomic E-state index is -1.54. The molecule has 0 unspecified atom stereocenters. The summed E-state index contributed by atoms with van der Waals surface area (Å²) in [6.07, 6.45) is 10.2. The van der Waals surface area contributed by atoms with Crippen molar-refractivity contribution in [3.05, 3.63) is 24.3 Å². The van der Waals surface area contributed by atoms with E-state index in [2.05, 4.69) is 31.6 Å². The van der Waals surface area contributed by atoms with Crippen LogP contribution in [-0.4, -0.2) is 48.4 Å². The third kappa shape index (κ3) is 2.73. The van der Waals surface area contributed by atoms with Gasteiger partial charge < -0.3 is 24.1 Å². The van der Waals surface area contributed by atoms with Crippen LogP contribution in [0.2, 0.25) is 0 Å². The third-order valence-corrected chi connectivity index (χ3v) is 8.64. The number of allylic oxidation sites excluding steroid dienone is 2. The maximum absolute atomic E-state index is 13.2. The van der Waals surface area contributed by atoms with Crippen LogP contribution in [0.4, 0.5) is 0 Å². The summed E-state index contributed by atoms with van der Waals surface area (Å²) in [5.41, 5.74) is -1.55. The number of esters is 1. The molecule has 2 heterocycles. The second-order valence-corrected chi connectivity index (χ2v) is 9.95. The Balaban J connectivity index is 1.59. The van der Waals surface area contributed by atoms with E-state index in [1.165, 1.54) is 5.57 Å². The highest BCUT2D eigenvalue weighted by atomic mass is 16.7. The molecule has 0 radical (unpaired) electrons. The quantitative estimate of drug-likeness (QED) is 0.423. The minimum absolute atomic E-state index is 0.0171. The van der Waals surface area contributed by atoms with E-state index in [0.717, 1.165) is 19.3 Å². The van der Waals surface area contributed by atoms with Gasteiger partial charge in [0.25, 0.3) is 0 Å². The first-order chi connectivity index (χ1) is 14.8. The van der Waals surface area contributed by atoms with Crippen LogP contribution in [-0.2, 0) is 23.7 Å². The molecule has 1 N–H and O–H groups in total. The van der Waals surface area contributed by atoms with Crippen LogP contribution >= 0.6 is 0 Å². The van der Waals surface area contributed by atoms with Gasteiger partial charge in [-0.2, -0.15) is 0 Å². The predicted octanol–water partition coefficient (Wildman–Crippen LogP) is 3.10. The molecule has 0 aromatic heterocycles. The molecule has 2 saturated carbocycles. The van der Waals surface area contributed by atoms with E-state index in [1.54, 1.807) is 6.08 Å². The average Bonchev–Trinajstić information content (AvgIpc) is 3.31. The number of aliphatic hydroxyl groups is 1. The number of ether oxygens (including phenoxy) is 4. The molecule has 4 fully saturated rings. The van der Waals surface area contributed by atoms with Crippen LogP contribution in [0.1, 0.15) is 52.4 Å².